The fourth-order valence-electron chi connectivity index (χ4n) is 1.45. The fraction of sp³-hybridized carbons (Fsp3) is 0.462. The van der Waals surface area contributed by atoms with Gasteiger partial charge in [0.2, 0.25) is 5.91 Å². The Kier molecular flexibility index (Phi) is 5.41. The van der Waals surface area contributed by atoms with Crippen LogP contribution in [0.15, 0.2) is 24.3 Å². The fourth-order valence-corrected chi connectivity index (χ4v) is 1.52. The Hall–Kier alpha value is -1.29. The van der Waals surface area contributed by atoms with Crippen molar-refractivity contribution < 1.29 is 13.9 Å². The van der Waals surface area contributed by atoms with Crippen molar-refractivity contribution in [2.75, 3.05) is 12.5 Å². The maximum Gasteiger partial charge on any atom is 0.235 e. The minimum absolute atomic E-state index is 0.0613. The van der Waals surface area contributed by atoms with Gasteiger partial charge in [0, 0.05) is 18.0 Å². The van der Waals surface area contributed by atoms with Crippen LogP contribution < -0.4 is 10.1 Å². The van der Waals surface area contributed by atoms with Crippen molar-refractivity contribution in [3.63, 3.8) is 0 Å². The number of alkyl halides is 1. The largest absolute Gasteiger partial charge is 0.493 e. The number of nitrogens with one attached hydrogen (secondary N) is 1. The van der Waals surface area contributed by atoms with Crippen LogP contribution in [0.25, 0.3) is 0 Å². The molecule has 18 heavy (non-hydrogen) atoms. The highest BCUT2D eigenvalue weighted by Gasteiger charge is 2.19. The second-order valence-electron chi connectivity index (χ2n) is 4.62. The van der Waals surface area contributed by atoms with E-state index in [4.69, 9.17) is 16.3 Å². The second kappa shape index (κ2) is 6.59. The average molecular weight is 274 g/mol. The molecular formula is C13H17ClFNO2. The predicted molar refractivity (Wildman–Crippen MR) is 69.5 cm³/mol. The number of benzene rings is 1. The summed E-state index contributed by atoms with van der Waals surface area (Å²) in [7, 11) is 0. The molecule has 5 heteroatoms. The summed E-state index contributed by atoms with van der Waals surface area (Å²) >= 11 is 5.42. The van der Waals surface area contributed by atoms with Gasteiger partial charge in [0.05, 0.1) is 6.61 Å². The Labute approximate surface area is 111 Å². The number of hydrogen-bond acceptors (Lipinski definition) is 2. The summed E-state index contributed by atoms with van der Waals surface area (Å²) in [5.74, 6) is -0.127. The molecule has 1 rings (SSSR count). The number of halogens is 2. The van der Waals surface area contributed by atoms with Crippen molar-refractivity contribution in [3.05, 3.63) is 30.1 Å². The molecule has 0 atom stereocenters. The Morgan fingerprint density at radius 2 is 2.22 bits per heavy atom. The highest BCUT2D eigenvalue weighted by atomic mass is 35.5. The lowest BCUT2D eigenvalue weighted by Gasteiger charge is -2.25. The van der Waals surface area contributed by atoms with Gasteiger partial charge in [-0.2, -0.15) is 0 Å². The van der Waals surface area contributed by atoms with Gasteiger partial charge in [-0.15, -0.1) is 11.6 Å². The minimum Gasteiger partial charge on any atom is -0.493 e. The summed E-state index contributed by atoms with van der Waals surface area (Å²) in [6, 6.07) is 5.96. The first-order valence-electron chi connectivity index (χ1n) is 5.68. The molecule has 1 aromatic carbocycles. The molecule has 0 radical (unpaired) electrons. The molecule has 1 aromatic rings. The molecule has 0 spiro atoms. The Balaban J connectivity index is 2.39. The quantitative estimate of drug-likeness (QED) is 0.810. The Bertz CT molecular complexity index is 410. The van der Waals surface area contributed by atoms with Gasteiger partial charge in [-0.1, -0.05) is 6.07 Å². The van der Waals surface area contributed by atoms with E-state index in [9.17, 15) is 9.18 Å². The third-order valence-electron chi connectivity index (χ3n) is 2.39. The third kappa shape index (κ3) is 5.36. The molecule has 0 aromatic heterocycles. The zero-order chi connectivity index (χ0) is 13.6. The van der Waals surface area contributed by atoms with E-state index in [-0.39, 0.29) is 17.6 Å². The number of rotatable bonds is 6. The van der Waals surface area contributed by atoms with E-state index < -0.39 is 5.54 Å². The molecule has 0 saturated carbocycles. The van der Waals surface area contributed by atoms with E-state index in [0.29, 0.717) is 18.8 Å². The standard InChI is InChI=1S/C13H17ClFNO2/c1-13(2,16-12(17)9-14)6-7-18-11-5-3-4-10(15)8-11/h3-5,8H,6-7,9H2,1-2H3,(H,16,17). The maximum atomic E-state index is 12.9. The van der Waals surface area contributed by atoms with E-state index in [1.54, 1.807) is 12.1 Å². The number of carbonyl (C=O) groups excluding carboxylic acids is 1. The van der Waals surface area contributed by atoms with E-state index in [0.717, 1.165) is 0 Å². The normalized spacial score (nSPS) is 11.1. The molecule has 1 N–H and O–H groups in total. The zero-order valence-corrected chi connectivity index (χ0v) is 11.3. The first kappa shape index (κ1) is 14.8. The summed E-state index contributed by atoms with van der Waals surface area (Å²) in [6.45, 7) is 4.15. The number of carbonyl (C=O) groups is 1. The molecular weight excluding hydrogens is 257 g/mol. The van der Waals surface area contributed by atoms with Gasteiger partial charge in [-0.25, -0.2) is 4.39 Å². The van der Waals surface area contributed by atoms with E-state index in [1.807, 2.05) is 13.8 Å². The molecule has 0 heterocycles. The summed E-state index contributed by atoms with van der Waals surface area (Å²) < 4.78 is 18.3. The lowest BCUT2D eigenvalue weighted by atomic mass is 10.0. The van der Waals surface area contributed by atoms with Crippen LogP contribution in [0, 0.1) is 5.82 Å². The molecule has 0 aliphatic carbocycles. The highest BCUT2D eigenvalue weighted by Crippen LogP contribution is 2.14. The predicted octanol–water partition coefficient (Wildman–Crippen LogP) is 2.73. The Morgan fingerprint density at radius 3 is 2.83 bits per heavy atom. The first-order valence-corrected chi connectivity index (χ1v) is 6.22. The van der Waals surface area contributed by atoms with Gasteiger partial charge >= 0.3 is 0 Å². The van der Waals surface area contributed by atoms with Crippen LogP contribution in [-0.2, 0) is 4.79 Å². The molecule has 0 fully saturated rings. The molecule has 1 amide bonds. The van der Waals surface area contributed by atoms with E-state index in [2.05, 4.69) is 5.32 Å². The topological polar surface area (TPSA) is 38.3 Å². The average Bonchev–Trinajstić information content (AvgIpc) is 2.28. The monoisotopic (exact) mass is 273 g/mol. The van der Waals surface area contributed by atoms with Gasteiger partial charge in [-0.05, 0) is 26.0 Å². The molecule has 100 valence electrons. The van der Waals surface area contributed by atoms with Crippen LogP contribution in [0.1, 0.15) is 20.3 Å². The molecule has 0 unspecified atom stereocenters. The van der Waals surface area contributed by atoms with Gasteiger partial charge in [0.25, 0.3) is 0 Å². The minimum atomic E-state index is -0.403. The second-order valence-corrected chi connectivity index (χ2v) is 4.89. The van der Waals surface area contributed by atoms with Crippen molar-refractivity contribution in [1.29, 1.82) is 0 Å². The van der Waals surface area contributed by atoms with E-state index >= 15 is 0 Å². The SMILES string of the molecule is CC(C)(CCOc1cccc(F)c1)NC(=O)CCl. The van der Waals surface area contributed by atoms with Crippen molar-refractivity contribution >= 4 is 17.5 Å². The summed E-state index contributed by atoms with van der Waals surface area (Å²) in [4.78, 5) is 11.2. The molecule has 0 aliphatic heterocycles. The number of ether oxygens (including phenoxy) is 1. The summed E-state index contributed by atoms with van der Waals surface area (Å²) in [6.07, 6.45) is 0.603. The van der Waals surface area contributed by atoms with Gasteiger partial charge in [0.15, 0.2) is 0 Å². The van der Waals surface area contributed by atoms with Crippen molar-refractivity contribution in [2.24, 2.45) is 0 Å². The van der Waals surface area contributed by atoms with Gasteiger partial charge < -0.3 is 10.1 Å². The third-order valence-corrected chi connectivity index (χ3v) is 2.63. The van der Waals surface area contributed by atoms with Crippen LogP contribution in [-0.4, -0.2) is 23.9 Å². The maximum absolute atomic E-state index is 12.9. The van der Waals surface area contributed by atoms with E-state index in [1.165, 1.54) is 12.1 Å². The number of amides is 1. The summed E-state index contributed by atoms with van der Waals surface area (Å²) in [5, 5.41) is 2.78. The van der Waals surface area contributed by atoms with Gasteiger partial charge in [-0.3, -0.25) is 4.79 Å². The Morgan fingerprint density at radius 1 is 1.50 bits per heavy atom. The molecule has 0 bridgehead atoms. The van der Waals surface area contributed by atoms with Crippen LogP contribution in [0.3, 0.4) is 0 Å². The van der Waals surface area contributed by atoms with Crippen LogP contribution in [0.4, 0.5) is 4.39 Å². The molecule has 3 nitrogen and oxygen atoms in total. The zero-order valence-electron chi connectivity index (χ0n) is 10.5. The first-order chi connectivity index (χ1) is 8.43. The van der Waals surface area contributed by atoms with Crippen molar-refractivity contribution in [3.8, 4) is 5.75 Å². The van der Waals surface area contributed by atoms with Crippen LogP contribution >= 0.6 is 11.6 Å². The van der Waals surface area contributed by atoms with Crippen LogP contribution in [0.5, 0.6) is 5.75 Å². The number of hydrogen-bond donors (Lipinski definition) is 1. The smallest absolute Gasteiger partial charge is 0.235 e. The highest BCUT2D eigenvalue weighted by molar-refractivity contribution is 6.27. The van der Waals surface area contributed by atoms with Gasteiger partial charge in [0.1, 0.15) is 17.4 Å². The lowest BCUT2D eigenvalue weighted by Crippen LogP contribution is -2.45. The van der Waals surface area contributed by atoms with Crippen LogP contribution in [0.2, 0.25) is 0 Å². The van der Waals surface area contributed by atoms with Crippen molar-refractivity contribution in [1.82, 2.24) is 5.32 Å². The molecule has 0 saturated heterocycles. The molecule has 0 aliphatic rings. The van der Waals surface area contributed by atoms with Crippen molar-refractivity contribution in [2.45, 2.75) is 25.8 Å². The summed E-state index contributed by atoms with van der Waals surface area (Å²) in [5.41, 5.74) is -0.403. The lowest BCUT2D eigenvalue weighted by molar-refractivity contribution is -0.120.